The fraction of sp³-hybridized carbons (Fsp3) is 0.364. The standard InChI is InChI=1S/C22H25NO3/c1-15(11-16(2)24)5-6-17-7-10-21(23-14-17)25-19-8-9-20-18(12-19)13-22(3,4)26-20/h5-10,12,14-15H,11,13H2,1-4H3. The van der Waals surface area contributed by atoms with Crippen molar-refractivity contribution in [1.29, 1.82) is 0 Å². The van der Waals surface area contributed by atoms with Crippen molar-refractivity contribution in [3.8, 4) is 17.4 Å². The molecular formula is C22H25NO3. The zero-order valence-corrected chi connectivity index (χ0v) is 15.8. The second kappa shape index (κ2) is 7.32. The molecule has 0 radical (unpaired) electrons. The fourth-order valence-electron chi connectivity index (χ4n) is 3.12. The van der Waals surface area contributed by atoms with E-state index in [-0.39, 0.29) is 17.3 Å². The zero-order valence-electron chi connectivity index (χ0n) is 15.8. The quantitative estimate of drug-likeness (QED) is 0.716. The topological polar surface area (TPSA) is 48.4 Å². The van der Waals surface area contributed by atoms with Gasteiger partial charge in [0.05, 0.1) is 0 Å². The second-order valence-electron chi connectivity index (χ2n) is 7.58. The number of hydrogen-bond donors (Lipinski definition) is 0. The minimum atomic E-state index is -0.160. The van der Waals surface area contributed by atoms with Crippen LogP contribution in [0, 0.1) is 5.92 Å². The minimum absolute atomic E-state index is 0.160. The lowest BCUT2D eigenvalue weighted by Crippen LogP contribution is -2.24. The van der Waals surface area contributed by atoms with E-state index >= 15 is 0 Å². The number of nitrogens with zero attached hydrogens (tertiary/aromatic N) is 1. The molecule has 3 rings (SSSR count). The van der Waals surface area contributed by atoms with E-state index in [4.69, 9.17) is 9.47 Å². The Morgan fingerprint density at radius 2 is 2.15 bits per heavy atom. The fourth-order valence-corrected chi connectivity index (χ4v) is 3.12. The summed E-state index contributed by atoms with van der Waals surface area (Å²) in [5.41, 5.74) is 1.98. The van der Waals surface area contributed by atoms with Gasteiger partial charge >= 0.3 is 0 Å². The van der Waals surface area contributed by atoms with Gasteiger partial charge in [-0.05, 0) is 56.5 Å². The van der Waals surface area contributed by atoms with Gasteiger partial charge in [-0.2, -0.15) is 0 Å². The van der Waals surface area contributed by atoms with Crippen molar-refractivity contribution in [2.45, 2.75) is 46.1 Å². The minimum Gasteiger partial charge on any atom is -0.487 e. The molecule has 0 saturated heterocycles. The highest BCUT2D eigenvalue weighted by Crippen LogP contribution is 2.37. The van der Waals surface area contributed by atoms with Crippen LogP contribution in [0.4, 0.5) is 0 Å². The molecule has 4 nitrogen and oxygen atoms in total. The summed E-state index contributed by atoms with van der Waals surface area (Å²) in [7, 11) is 0. The summed E-state index contributed by atoms with van der Waals surface area (Å²) in [5, 5.41) is 0. The molecule has 2 heterocycles. The lowest BCUT2D eigenvalue weighted by molar-refractivity contribution is -0.117. The molecule has 1 aromatic carbocycles. The van der Waals surface area contributed by atoms with Crippen LogP contribution in [0.2, 0.25) is 0 Å². The Bertz CT molecular complexity index is 822. The first-order valence-electron chi connectivity index (χ1n) is 8.94. The average Bonchev–Trinajstić information content (AvgIpc) is 2.87. The summed E-state index contributed by atoms with van der Waals surface area (Å²) in [6.45, 7) is 7.81. The van der Waals surface area contributed by atoms with Gasteiger partial charge in [0.2, 0.25) is 5.88 Å². The van der Waals surface area contributed by atoms with Gasteiger partial charge in [-0.15, -0.1) is 0 Å². The van der Waals surface area contributed by atoms with Crippen LogP contribution in [0.5, 0.6) is 17.4 Å². The van der Waals surface area contributed by atoms with Crippen LogP contribution in [-0.2, 0) is 11.2 Å². The Labute approximate surface area is 154 Å². The third-order valence-electron chi connectivity index (χ3n) is 4.24. The van der Waals surface area contributed by atoms with Crippen molar-refractivity contribution in [2.24, 2.45) is 5.92 Å². The lowest BCUT2D eigenvalue weighted by Gasteiger charge is -2.16. The van der Waals surface area contributed by atoms with Crippen molar-refractivity contribution in [1.82, 2.24) is 4.98 Å². The average molecular weight is 351 g/mol. The summed E-state index contributed by atoms with van der Waals surface area (Å²) in [5.74, 6) is 2.66. The largest absolute Gasteiger partial charge is 0.487 e. The van der Waals surface area contributed by atoms with Crippen LogP contribution in [-0.4, -0.2) is 16.4 Å². The number of fused-ring (bicyclic) bond motifs is 1. The van der Waals surface area contributed by atoms with Crippen molar-refractivity contribution >= 4 is 11.9 Å². The molecule has 1 aromatic heterocycles. The van der Waals surface area contributed by atoms with E-state index in [1.165, 1.54) is 0 Å². The molecule has 1 aliphatic heterocycles. The van der Waals surface area contributed by atoms with Crippen molar-refractivity contribution in [2.75, 3.05) is 0 Å². The zero-order chi connectivity index (χ0) is 18.7. The maximum absolute atomic E-state index is 11.1. The molecule has 0 spiro atoms. The van der Waals surface area contributed by atoms with Gasteiger partial charge < -0.3 is 14.3 Å². The van der Waals surface area contributed by atoms with Gasteiger partial charge in [0.25, 0.3) is 0 Å². The summed E-state index contributed by atoms with van der Waals surface area (Å²) >= 11 is 0. The van der Waals surface area contributed by atoms with Crippen LogP contribution in [0.1, 0.15) is 45.2 Å². The van der Waals surface area contributed by atoms with Crippen LogP contribution < -0.4 is 9.47 Å². The van der Waals surface area contributed by atoms with Gasteiger partial charge in [-0.1, -0.05) is 19.1 Å². The van der Waals surface area contributed by atoms with Crippen molar-refractivity contribution in [3.63, 3.8) is 0 Å². The van der Waals surface area contributed by atoms with E-state index in [1.807, 2.05) is 49.4 Å². The number of ketones is 1. The number of ether oxygens (including phenoxy) is 2. The number of pyridine rings is 1. The molecule has 1 aliphatic rings. The molecular weight excluding hydrogens is 326 g/mol. The SMILES string of the molecule is CC(=O)CC(C)C=Cc1ccc(Oc2ccc3c(c2)CC(C)(C)O3)nc1. The van der Waals surface area contributed by atoms with E-state index in [0.717, 1.165) is 29.0 Å². The number of carbonyl (C=O) groups is 1. The van der Waals surface area contributed by atoms with Gasteiger partial charge in [-0.25, -0.2) is 4.98 Å². The molecule has 136 valence electrons. The number of allylic oxidation sites excluding steroid dienone is 1. The molecule has 2 aromatic rings. The van der Waals surface area contributed by atoms with E-state index in [1.54, 1.807) is 13.1 Å². The summed E-state index contributed by atoms with van der Waals surface area (Å²) in [6.07, 6.45) is 7.21. The van der Waals surface area contributed by atoms with Gasteiger partial charge in [0.1, 0.15) is 22.9 Å². The summed E-state index contributed by atoms with van der Waals surface area (Å²) in [4.78, 5) is 15.5. The smallest absolute Gasteiger partial charge is 0.219 e. The molecule has 1 atom stereocenters. The van der Waals surface area contributed by atoms with Crippen LogP contribution in [0.25, 0.3) is 6.08 Å². The second-order valence-corrected chi connectivity index (χ2v) is 7.58. The molecule has 4 heteroatoms. The summed E-state index contributed by atoms with van der Waals surface area (Å²) < 4.78 is 11.8. The molecule has 26 heavy (non-hydrogen) atoms. The molecule has 0 bridgehead atoms. The molecule has 0 aliphatic carbocycles. The molecule has 1 unspecified atom stereocenters. The maximum atomic E-state index is 11.1. The van der Waals surface area contributed by atoms with Crippen LogP contribution in [0.15, 0.2) is 42.6 Å². The van der Waals surface area contributed by atoms with Crippen molar-refractivity contribution < 1.29 is 14.3 Å². The number of aromatic nitrogens is 1. The van der Waals surface area contributed by atoms with Gasteiger partial charge in [-0.3, -0.25) is 0 Å². The van der Waals surface area contributed by atoms with E-state index in [0.29, 0.717) is 12.3 Å². The first-order valence-corrected chi connectivity index (χ1v) is 8.94. The van der Waals surface area contributed by atoms with Crippen LogP contribution in [0.3, 0.4) is 0 Å². The monoisotopic (exact) mass is 351 g/mol. The third-order valence-corrected chi connectivity index (χ3v) is 4.24. The van der Waals surface area contributed by atoms with E-state index < -0.39 is 0 Å². The number of rotatable bonds is 6. The van der Waals surface area contributed by atoms with Crippen LogP contribution >= 0.6 is 0 Å². The highest BCUT2D eigenvalue weighted by molar-refractivity contribution is 5.76. The Morgan fingerprint density at radius 1 is 1.35 bits per heavy atom. The first kappa shape index (κ1) is 18.2. The Morgan fingerprint density at radius 3 is 2.85 bits per heavy atom. The molecule has 0 saturated carbocycles. The molecule has 0 amide bonds. The highest BCUT2D eigenvalue weighted by atomic mass is 16.5. The third kappa shape index (κ3) is 4.72. The van der Waals surface area contributed by atoms with Gasteiger partial charge in [0.15, 0.2) is 0 Å². The number of benzene rings is 1. The molecule has 0 N–H and O–H groups in total. The predicted octanol–water partition coefficient (Wildman–Crippen LogP) is 5.22. The number of carbonyl (C=O) groups excluding carboxylic acids is 1. The Kier molecular flexibility index (Phi) is 5.12. The lowest BCUT2D eigenvalue weighted by atomic mass is 10.0. The Hall–Kier alpha value is -2.62. The van der Waals surface area contributed by atoms with Crippen molar-refractivity contribution in [3.05, 3.63) is 53.7 Å². The number of Topliss-reactive ketones (excluding diaryl/α,β-unsaturated/α-hetero) is 1. The maximum Gasteiger partial charge on any atom is 0.219 e. The van der Waals surface area contributed by atoms with Gasteiger partial charge in [0, 0.05) is 30.7 Å². The van der Waals surface area contributed by atoms with E-state index in [9.17, 15) is 4.79 Å². The number of hydrogen-bond acceptors (Lipinski definition) is 4. The highest BCUT2D eigenvalue weighted by Gasteiger charge is 2.30. The summed E-state index contributed by atoms with van der Waals surface area (Å²) in [6, 6.07) is 9.68. The molecule has 0 fully saturated rings. The Balaban J connectivity index is 1.63. The predicted molar refractivity (Wildman–Crippen MR) is 103 cm³/mol. The first-order chi connectivity index (χ1) is 12.3. The normalized spacial score (nSPS) is 16.2. The van der Waals surface area contributed by atoms with E-state index in [2.05, 4.69) is 18.8 Å².